The molecule has 1 N–H and O–H groups in total. The zero-order chi connectivity index (χ0) is 23.0. The molecule has 4 rings (SSSR count). The molecule has 0 radical (unpaired) electrons. The highest BCUT2D eigenvalue weighted by Gasteiger charge is 2.16. The molecule has 168 valence electrons. The fraction of sp³-hybridized carbons (Fsp3) is 0.160. The van der Waals surface area contributed by atoms with Crippen molar-refractivity contribution in [3.8, 4) is 11.4 Å². The molecule has 4 aromatic rings. The van der Waals surface area contributed by atoms with Crippen molar-refractivity contribution < 1.29 is 9.53 Å². The van der Waals surface area contributed by atoms with Gasteiger partial charge in [0.1, 0.15) is 11.6 Å². The lowest BCUT2D eigenvalue weighted by Crippen LogP contribution is -2.14. The molecule has 0 aliphatic rings. The van der Waals surface area contributed by atoms with Crippen LogP contribution in [0.2, 0.25) is 0 Å². The highest BCUT2D eigenvalue weighted by molar-refractivity contribution is 7.99. The van der Waals surface area contributed by atoms with E-state index in [2.05, 4.69) is 46.7 Å². The summed E-state index contributed by atoms with van der Waals surface area (Å²) in [7, 11) is 1.60. The van der Waals surface area contributed by atoms with Crippen LogP contribution in [-0.2, 0) is 10.5 Å². The van der Waals surface area contributed by atoms with Gasteiger partial charge in [-0.05, 0) is 43.3 Å². The van der Waals surface area contributed by atoms with Crippen molar-refractivity contribution in [3.63, 3.8) is 0 Å². The first-order valence-corrected chi connectivity index (χ1v) is 12.4. The third kappa shape index (κ3) is 6.18. The van der Waals surface area contributed by atoms with Crippen LogP contribution in [0.1, 0.15) is 11.4 Å². The van der Waals surface area contributed by atoms with Gasteiger partial charge in [0.15, 0.2) is 5.16 Å². The average Bonchev–Trinajstić information content (AvgIpc) is 3.26. The van der Waals surface area contributed by atoms with E-state index in [1.165, 1.54) is 22.2 Å². The Kier molecular flexibility index (Phi) is 7.70. The Hall–Kier alpha value is -3.23. The van der Waals surface area contributed by atoms with Gasteiger partial charge in [-0.3, -0.25) is 9.36 Å². The maximum atomic E-state index is 12.5. The van der Waals surface area contributed by atoms with E-state index in [0.717, 1.165) is 11.5 Å². The molecule has 0 saturated carbocycles. The lowest BCUT2D eigenvalue weighted by Gasteiger charge is -2.10. The number of methoxy groups -OCH3 is 1. The Morgan fingerprint density at radius 3 is 2.52 bits per heavy atom. The molecule has 1 heterocycles. The Bertz CT molecular complexity index is 1210. The molecule has 0 unspecified atom stereocenters. The second-order valence-electron chi connectivity index (χ2n) is 7.24. The largest absolute Gasteiger partial charge is 0.497 e. The first-order chi connectivity index (χ1) is 16.1. The van der Waals surface area contributed by atoms with Gasteiger partial charge < -0.3 is 10.1 Å². The van der Waals surface area contributed by atoms with Crippen molar-refractivity contribution in [2.75, 3.05) is 18.2 Å². The predicted octanol–water partition coefficient (Wildman–Crippen LogP) is 5.61. The maximum absolute atomic E-state index is 12.5. The van der Waals surface area contributed by atoms with Gasteiger partial charge in [0.05, 0.1) is 18.6 Å². The highest BCUT2D eigenvalue weighted by Crippen LogP contribution is 2.27. The lowest BCUT2D eigenvalue weighted by atomic mass is 10.2. The van der Waals surface area contributed by atoms with Crippen LogP contribution in [0, 0.1) is 6.92 Å². The monoisotopic (exact) mass is 476 g/mol. The molecule has 6 nitrogen and oxygen atoms in total. The zero-order valence-corrected chi connectivity index (χ0v) is 20.0. The first kappa shape index (κ1) is 22.9. The van der Waals surface area contributed by atoms with Crippen molar-refractivity contribution >= 4 is 35.1 Å². The summed E-state index contributed by atoms with van der Waals surface area (Å²) in [5, 5.41) is 12.4. The number of thioether (sulfide) groups is 2. The van der Waals surface area contributed by atoms with Gasteiger partial charge in [-0.1, -0.05) is 53.7 Å². The van der Waals surface area contributed by atoms with Gasteiger partial charge in [0, 0.05) is 22.3 Å². The maximum Gasteiger partial charge on any atom is 0.234 e. The molecule has 3 aromatic carbocycles. The molecule has 0 bridgehead atoms. The van der Waals surface area contributed by atoms with Crippen LogP contribution in [0.4, 0.5) is 5.69 Å². The molecule has 0 fully saturated rings. The average molecular weight is 477 g/mol. The normalized spacial score (nSPS) is 10.7. The number of anilines is 1. The Morgan fingerprint density at radius 1 is 0.970 bits per heavy atom. The number of aryl methyl sites for hydroxylation is 1. The van der Waals surface area contributed by atoms with Crippen LogP contribution in [-0.4, -0.2) is 33.5 Å². The zero-order valence-electron chi connectivity index (χ0n) is 18.4. The Morgan fingerprint density at radius 2 is 1.76 bits per heavy atom. The number of hydrogen-bond acceptors (Lipinski definition) is 6. The van der Waals surface area contributed by atoms with Gasteiger partial charge in [-0.25, -0.2) is 0 Å². The third-order valence-corrected chi connectivity index (χ3v) is 6.73. The van der Waals surface area contributed by atoms with Crippen molar-refractivity contribution in [2.45, 2.75) is 22.7 Å². The van der Waals surface area contributed by atoms with E-state index in [-0.39, 0.29) is 11.7 Å². The minimum absolute atomic E-state index is 0.119. The molecule has 0 aliphatic heterocycles. The molecule has 1 aromatic heterocycles. The number of hydrogen-bond donors (Lipinski definition) is 1. The van der Waals surface area contributed by atoms with Crippen LogP contribution >= 0.6 is 23.5 Å². The SMILES string of the molecule is COc1cccc(NC(=O)CSc2nnc(CSc3ccc(C)cc3)n2-c2ccccc2)c1. The molecule has 1 amide bonds. The quantitative estimate of drug-likeness (QED) is 0.317. The molecule has 8 heteroatoms. The van der Waals surface area contributed by atoms with Crippen LogP contribution in [0.25, 0.3) is 5.69 Å². The highest BCUT2D eigenvalue weighted by atomic mass is 32.2. The second kappa shape index (κ2) is 11.1. The summed E-state index contributed by atoms with van der Waals surface area (Å²) in [4.78, 5) is 13.7. The van der Waals surface area contributed by atoms with Crippen LogP contribution < -0.4 is 10.1 Å². The van der Waals surface area contributed by atoms with Gasteiger partial charge in [-0.2, -0.15) is 0 Å². The van der Waals surface area contributed by atoms with Crippen molar-refractivity contribution in [2.24, 2.45) is 0 Å². The van der Waals surface area contributed by atoms with Crippen molar-refractivity contribution in [1.29, 1.82) is 0 Å². The van der Waals surface area contributed by atoms with E-state index in [1.54, 1.807) is 24.9 Å². The molecule has 0 aliphatic carbocycles. The number of nitrogens with one attached hydrogen (secondary N) is 1. The summed E-state index contributed by atoms with van der Waals surface area (Å²) >= 11 is 3.07. The van der Waals surface area contributed by atoms with Crippen molar-refractivity contribution in [1.82, 2.24) is 14.8 Å². The fourth-order valence-corrected chi connectivity index (χ4v) is 4.72. The van der Waals surface area contributed by atoms with E-state index in [0.29, 0.717) is 22.3 Å². The number of ether oxygens (including phenoxy) is 1. The number of nitrogens with zero attached hydrogens (tertiary/aromatic N) is 3. The summed E-state index contributed by atoms with van der Waals surface area (Å²) in [6.45, 7) is 2.08. The van der Waals surface area contributed by atoms with Crippen molar-refractivity contribution in [3.05, 3.63) is 90.3 Å². The van der Waals surface area contributed by atoms with E-state index in [9.17, 15) is 4.79 Å². The number of carbonyl (C=O) groups excluding carboxylic acids is 1. The molecular weight excluding hydrogens is 452 g/mol. The summed E-state index contributed by atoms with van der Waals surface area (Å²) in [5.74, 6) is 2.29. The topological polar surface area (TPSA) is 69.0 Å². The number of carbonyl (C=O) groups is 1. The van der Waals surface area contributed by atoms with E-state index >= 15 is 0 Å². The molecule has 0 spiro atoms. The molecule has 0 atom stereocenters. The van der Waals surface area contributed by atoms with Gasteiger partial charge in [-0.15, -0.1) is 22.0 Å². The minimum Gasteiger partial charge on any atom is -0.497 e. The predicted molar refractivity (Wildman–Crippen MR) is 134 cm³/mol. The summed E-state index contributed by atoms with van der Waals surface area (Å²) in [5.41, 5.74) is 2.90. The fourth-order valence-electron chi connectivity index (χ4n) is 3.13. The number of para-hydroxylation sites is 1. The number of rotatable bonds is 9. The van der Waals surface area contributed by atoms with Crippen LogP contribution in [0.15, 0.2) is 88.9 Å². The lowest BCUT2D eigenvalue weighted by molar-refractivity contribution is -0.113. The standard InChI is InChI=1S/C25H24N4O2S2/c1-18-11-13-22(14-12-18)32-16-23-27-28-25(29(23)20-8-4-3-5-9-20)33-17-24(30)26-19-7-6-10-21(15-19)31-2/h3-15H,16-17H2,1-2H3,(H,26,30). The van der Waals surface area contributed by atoms with Crippen LogP contribution in [0.3, 0.4) is 0 Å². The summed E-state index contributed by atoms with van der Waals surface area (Å²) in [6.07, 6.45) is 0. The molecular formula is C25H24N4O2S2. The molecule has 33 heavy (non-hydrogen) atoms. The number of amides is 1. The van der Waals surface area contributed by atoms with E-state index in [1.807, 2.05) is 53.1 Å². The van der Waals surface area contributed by atoms with Crippen LogP contribution in [0.5, 0.6) is 5.75 Å². The number of aromatic nitrogens is 3. The minimum atomic E-state index is -0.119. The third-order valence-electron chi connectivity index (χ3n) is 4.79. The van der Waals surface area contributed by atoms with Gasteiger partial charge in [0.25, 0.3) is 0 Å². The Labute approximate surface area is 201 Å². The summed E-state index contributed by atoms with van der Waals surface area (Å²) < 4.78 is 7.23. The van der Waals surface area contributed by atoms with Gasteiger partial charge >= 0.3 is 0 Å². The Balaban J connectivity index is 1.47. The molecule has 0 saturated heterocycles. The smallest absolute Gasteiger partial charge is 0.234 e. The first-order valence-electron chi connectivity index (χ1n) is 10.4. The summed E-state index contributed by atoms with van der Waals surface area (Å²) in [6, 6.07) is 25.7. The van der Waals surface area contributed by atoms with E-state index in [4.69, 9.17) is 4.74 Å². The second-order valence-corrected chi connectivity index (χ2v) is 9.23. The van der Waals surface area contributed by atoms with Gasteiger partial charge in [0.2, 0.25) is 5.91 Å². The number of benzene rings is 3. The van der Waals surface area contributed by atoms with E-state index < -0.39 is 0 Å².